The molecule has 1 saturated heterocycles. The van der Waals surface area contributed by atoms with E-state index >= 15 is 0 Å². The minimum absolute atomic E-state index is 0.0957. The Bertz CT molecular complexity index is 695. The zero-order chi connectivity index (χ0) is 16.9. The van der Waals surface area contributed by atoms with Crippen LogP contribution in [-0.2, 0) is 6.54 Å². The summed E-state index contributed by atoms with van der Waals surface area (Å²) in [6.45, 7) is 6.66. The van der Waals surface area contributed by atoms with Gasteiger partial charge >= 0.3 is 0 Å². The van der Waals surface area contributed by atoms with E-state index in [1.54, 1.807) is 14.0 Å². The number of hydrogen-bond donors (Lipinski definition) is 1. The van der Waals surface area contributed by atoms with Gasteiger partial charge in [0.2, 0.25) is 0 Å². The normalized spacial score (nSPS) is 15.3. The van der Waals surface area contributed by atoms with Crippen molar-refractivity contribution in [2.75, 3.05) is 38.2 Å². The molecule has 0 aliphatic carbocycles. The van der Waals surface area contributed by atoms with Gasteiger partial charge in [-0.3, -0.25) is 9.69 Å². The molecule has 0 radical (unpaired) electrons. The van der Waals surface area contributed by atoms with E-state index in [9.17, 15) is 4.79 Å². The van der Waals surface area contributed by atoms with E-state index in [4.69, 9.17) is 4.74 Å². The van der Waals surface area contributed by atoms with E-state index in [1.165, 1.54) is 10.7 Å². The van der Waals surface area contributed by atoms with Crippen molar-refractivity contribution >= 4 is 11.6 Å². The predicted molar refractivity (Wildman–Crippen MR) is 92.6 cm³/mol. The van der Waals surface area contributed by atoms with E-state index in [2.05, 4.69) is 22.0 Å². The molecule has 1 aliphatic rings. The Balaban J connectivity index is 1.65. The quantitative estimate of drug-likeness (QED) is 0.819. The Kier molecular flexibility index (Phi) is 5.11. The maximum Gasteiger partial charge on any atom is 0.274 e. The molecule has 5 heteroatoms. The van der Waals surface area contributed by atoms with Crippen molar-refractivity contribution in [3.8, 4) is 5.75 Å². The van der Waals surface area contributed by atoms with Crippen LogP contribution in [0.2, 0.25) is 0 Å². The highest BCUT2D eigenvalue weighted by Gasteiger charge is 2.26. The molecule has 1 fully saturated rings. The molecule has 3 rings (SSSR count). The highest BCUT2D eigenvalue weighted by molar-refractivity contribution is 5.94. The standard InChI is InChI=1S/C19H23N3O2/c1-15(23)16-6-7-18(24-2)17(13-16)14-21-9-11-22(12-10-21)19-5-3-4-8-20-19/h3-8,13H,9-12,14H2,1-2H3/p+2. The molecule has 0 amide bonds. The van der Waals surface area contributed by atoms with Crippen LogP contribution in [0.15, 0.2) is 42.6 Å². The number of benzene rings is 1. The second-order valence-electron chi connectivity index (χ2n) is 6.24. The summed E-state index contributed by atoms with van der Waals surface area (Å²) in [5.41, 5.74) is 1.86. The maximum atomic E-state index is 11.6. The molecule has 0 atom stereocenters. The minimum atomic E-state index is 0.0957. The molecule has 0 unspecified atom stereocenters. The summed E-state index contributed by atoms with van der Waals surface area (Å²) in [7, 11) is 1.69. The number of carbonyl (C=O) groups excluding carboxylic acids is 1. The fourth-order valence-electron chi connectivity index (χ4n) is 3.23. The first-order valence-corrected chi connectivity index (χ1v) is 8.40. The number of methoxy groups -OCH3 is 1. The zero-order valence-electron chi connectivity index (χ0n) is 14.3. The van der Waals surface area contributed by atoms with E-state index in [-0.39, 0.29) is 5.78 Å². The first-order valence-electron chi connectivity index (χ1n) is 8.40. The molecule has 24 heavy (non-hydrogen) atoms. The Labute approximate surface area is 142 Å². The number of H-pyrrole nitrogens is 1. The molecular weight excluding hydrogens is 302 g/mol. The van der Waals surface area contributed by atoms with Crippen LogP contribution in [0.5, 0.6) is 5.75 Å². The van der Waals surface area contributed by atoms with Gasteiger partial charge in [-0.2, -0.15) is 0 Å². The van der Waals surface area contributed by atoms with Gasteiger partial charge in [0.15, 0.2) is 5.78 Å². The summed E-state index contributed by atoms with van der Waals surface area (Å²) in [4.78, 5) is 18.8. The SMILES string of the molecule is COc1ccc(C(C)=O)cc1C[NH+]1CCN(c2cccc[nH+]2)CC1. The Morgan fingerprint density at radius 3 is 2.67 bits per heavy atom. The predicted octanol–water partition coefficient (Wildman–Crippen LogP) is 0.617. The van der Waals surface area contributed by atoms with Gasteiger partial charge in [0.25, 0.3) is 5.82 Å². The summed E-state index contributed by atoms with van der Waals surface area (Å²) in [5, 5.41) is 0. The number of nitrogens with one attached hydrogen (secondary N) is 2. The lowest BCUT2D eigenvalue weighted by molar-refractivity contribution is -0.914. The van der Waals surface area contributed by atoms with E-state index in [0.717, 1.165) is 49.6 Å². The summed E-state index contributed by atoms with van der Waals surface area (Å²) >= 11 is 0. The van der Waals surface area contributed by atoms with Crippen LogP contribution >= 0.6 is 0 Å². The molecule has 0 bridgehead atoms. The largest absolute Gasteiger partial charge is 0.496 e. The lowest BCUT2D eigenvalue weighted by Crippen LogP contribution is -3.13. The molecule has 1 aliphatic heterocycles. The number of hydrogen-bond acceptors (Lipinski definition) is 3. The van der Waals surface area contributed by atoms with Gasteiger partial charge in [-0.25, -0.2) is 4.98 Å². The molecule has 126 valence electrons. The number of rotatable bonds is 5. The molecule has 2 aromatic rings. The third kappa shape index (κ3) is 3.74. The number of aromatic nitrogens is 1. The number of Topliss-reactive ketones (excluding diaryl/α,β-unsaturated/α-hetero) is 1. The number of quaternary nitrogens is 1. The third-order valence-corrected chi connectivity index (χ3v) is 4.63. The average molecular weight is 327 g/mol. The number of piperazine rings is 1. The second-order valence-corrected chi connectivity index (χ2v) is 6.24. The van der Waals surface area contributed by atoms with E-state index < -0.39 is 0 Å². The molecule has 2 heterocycles. The second kappa shape index (κ2) is 7.45. The van der Waals surface area contributed by atoms with E-state index in [0.29, 0.717) is 0 Å². The number of nitrogens with zero attached hydrogens (tertiary/aromatic N) is 1. The fraction of sp³-hybridized carbons (Fsp3) is 0.368. The van der Waals surface area contributed by atoms with Crippen LogP contribution in [0.1, 0.15) is 22.8 Å². The topological polar surface area (TPSA) is 48.1 Å². The van der Waals surface area contributed by atoms with Gasteiger partial charge in [-0.15, -0.1) is 0 Å². The smallest absolute Gasteiger partial charge is 0.274 e. The highest BCUT2D eigenvalue weighted by atomic mass is 16.5. The summed E-state index contributed by atoms with van der Waals surface area (Å²) in [6, 6.07) is 11.9. The average Bonchev–Trinajstić information content (AvgIpc) is 2.63. The number of anilines is 1. The first kappa shape index (κ1) is 16.5. The molecule has 1 aromatic carbocycles. The van der Waals surface area contributed by atoms with Crippen molar-refractivity contribution in [1.82, 2.24) is 0 Å². The maximum absolute atomic E-state index is 11.6. The first-order chi connectivity index (χ1) is 11.7. The van der Waals surface area contributed by atoms with Crippen molar-refractivity contribution in [3.63, 3.8) is 0 Å². The van der Waals surface area contributed by atoms with Gasteiger partial charge in [0.05, 0.1) is 13.3 Å². The van der Waals surface area contributed by atoms with Crippen molar-refractivity contribution in [2.24, 2.45) is 0 Å². The Morgan fingerprint density at radius 2 is 2.04 bits per heavy atom. The summed E-state index contributed by atoms with van der Waals surface area (Å²) in [5.74, 6) is 2.14. The van der Waals surface area contributed by atoms with Crippen LogP contribution < -0.4 is 19.5 Å². The van der Waals surface area contributed by atoms with Crippen LogP contribution in [0.25, 0.3) is 0 Å². The van der Waals surface area contributed by atoms with Crippen LogP contribution in [0, 0.1) is 0 Å². The Hall–Kier alpha value is -2.40. The third-order valence-electron chi connectivity index (χ3n) is 4.63. The van der Waals surface area contributed by atoms with Gasteiger partial charge in [-0.05, 0) is 31.2 Å². The van der Waals surface area contributed by atoms with Gasteiger partial charge in [0, 0.05) is 17.2 Å². The number of carbonyl (C=O) groups is 1. The van der Waals surface area contributed by atoms with Crippen LogP contribution in [-0.4, -0.2) is 39.1 Å². The fourth-order valence-corrected chi connectivity index (χ4v) is 3.23. The number of ether oxygens (including phenoxy) is 1. The van der Waals surface area contributed by atoms with Crippen molar-refractivity contribution in [1.29, 1.82) is 0 Å². The van der Waals surface area contributed by atoms with Gasteiger partial charge in [0.1, 0.15) is 38.5 Å². The molecule has 0 saturated carbocycles. The van der Waals surface area contributed by atoms with Crippen LogP contribution in [0.4, 0.5) is 5.82 Å². The Morgan fingerprint density at radius 1 is 1.25 bits per heavy atom. The van der Waals surface area contributed by atoms with Gasteiger partial charge in [-0.1, -0.05) is 6.07 Å². The number of ketones is 1. The van der Waals surface area contributed by atoms with E-state index in [1.807, 2.05) is 30.5 Å². The molecule has 0 spiro atoms. The molecule has 2 N–H and O–H groups in total. The minimum Gasteiger partial charge on any atom is -0.496 e. The lowest BCUT2D eigenvalue weighted by atomic mass is 10.1. The lowest BCUT2D eigenvalue weighted by Gasteiger charge is -2.28. The van der Waals surface area contributed by atoms with Crippen LogP contribution in [0.3, 0.4) is 0 Å². The molecule has 1 aromatic heterocycles. The molecular formula is C19H25N3O2+2. The summed E-state index contributed by atoms with van der Waals surface area (Å²) < 4.78 is 5.47. The molecule has 5 nitrogen and oxygen atoms in total. The zero-order valence-corrected chi connectivity index (χ0v) is 14.3. The monoisotopic (exact) mass is 327 g/mol. The van der Waals surface area contributed by atoms with Crippen molar-refractivity contribution in [2.45, 2.75) is 13.5 Å². The van der Waals surface area contributed by atoms with Crippen molar-refractivity contribution < 1.29 is 19.4 Å². The van der Waals surface area contributed by atoms with Gasteiger partial charge < -0.3 is 9.64 Å². The van der Waals surface area contributed by atoms with Crippen molar-refractivity contribution in [3.05, 3.63) is 53.7 Å². The highest BCUT2D eigenvalue weighted by Crippen LogP contribution is 2.19. The number of aromatic amines is 1. The number of pyridine rings is 1. The summed E-state index contributed by atoms with van der Waals surface area (Å²) in [6.07, 6.45) is 1.96.